The number of carbonyl (C=O) groups excluding carboxylic acids is 2. The molecule has 0 aliphatic carbocycles. The van der Waals surface area contributed by atoms with E-state index in [1.807, 2.05) is 0 Å². The number of aliphatic hydroxyl groups is 8. The molecule has 0 bridgehead atoms. The zero-order valence-electron chi connectivity index (χ0n) is 15.9. The Kier molecular flexibility index (Phi) is 6.85. The second-order valence-electron chi connectivity index (χ2n) is 7.31. The molecule has 15 nitrogen and oxygen atoms in total. The van der Waals surface area contributed by atoms with E-state index in [1.54, 1.807) is 0 Å². The number of esters is 2. The Morgan fingerprint density at radius 3 is 2.13 bits per heavy atom. The molecule has 8 N–H and O–H groups in total. The van der Waals surface area contributed by atoms with Crippen LogP contribution in [0.5, 0.6) is 0 Å². The van der Waals surface area contributed by atoms with Crippen LogP contribution in [0.25, 0.3) is 0 Å². The first-order chi connectivity index (χ1) is 14.5. The lowest BCUT2D eigenvalue weighted by Gasteiger charge is -2.53. The molecular weight excluding hydrogens is 432 g/mol. The summed E-state index contributed by atoms with van der Waals surface area (Å²) in [5, 5.41) is 80.4. The lowest BCUT2D eigenvalue weighted by Crippen LogP contribution is -2.77. The van der Waals surface area contributed by atoms with Gasteiger partial charge in [0, 0.05) is 0 Å². The van der Waals surface area contributed by atoms with Crippen LogP contribution in [-0.2, 0) is 33.3 Å². The molecule has 3 rings (SSSR count). The van der Waals surface area contributed by atoms with Crippen LogP contribution in [0.1, 0.15) is 12.8 Å². The van der Waals surface area contributed by atoms with Crippen molar-refractivity contribution in [3.8, 4) is 0 Å². The number of rotatable bonds is 4. The molecule has 0 radical (unpaired) electrons. The topological polar surface area (TPSA) is 242 Å². The average Bonchev–Trinajstić information content (AvgIpc) is 2.73. The predicted octanol–water partition coefficient (Wildman–Crippen LogP) is -5.86. The maximum atomic E-state index is 12.0. The van der Waals surface area contributed by atoms with Crippen LogP contribution < -0.4 is 0 Å². The van der Waals surface area contributed by atoms with Crippen LogP contribution >= 0.6 is 0 Å². The van der Waals surface area contributed by atoms with Gasteiger partial charge in [0.15, 0.2) is 18.7 Å². The molecule has 0 amide bonds. The van der Waals surface area contributed by atoms with Gasteiger partial charge < -0.3 is 64.5 Å². The quantitative estimate of drug-likeness (QED) is 0.184. The molecule has 31 heavy (non-hydrogen) atoms. The molecule has 0 spiro atoms. The van der Waals surface area contributed by atoms with E-state index in [1.165, 1.54) is 0 Å². The summed E-state index contributed by atoms with van der Waals surface area (Å²) in [4.78, 5) is 23.8. The van der Waals surface area contributed by atoms with E-state index in [4.69, 9.17) is 23.7 Å². The molecule has 3 aliphatic heterocycles. The molecular formula is C16H24O15. The van der Waals surface area contributed by atoms with Crippen LogP contribution in [0.15, 0.2) is 0 Å². The fourth-order valence-corrected chi connectivity index (χ4v) is 3.53. The van der Waals surface area contributed by atoms with E-state index in [0.29, 0.717) is 0 Å². The zero-order chi connectivity index (χ0) is 23.1. The molecule has 3 fully saturated rings. The van der Waals surface area contributed by atoms with E-state index >= 15 is 0 Å². The first kappa shape index (κ1) is 24.1. The van der Waals surface area contributed by atoms with E-state index in [0.717, 1.165) is 0 Å². The van der Waals surface area contributed by atoms with Crippen molar-refractivity contribution in [1.29, 1.82) is 0 Å². The fourth-order valence-electron chi connectivity index (χ4n) is 3.53. The summed E-state index contributed by atoms with van der Waals surface area (Å²) in [6.07, 6.45) is -16.6. The summed E-state index contributed by atoms with van der Waals surface area (Å²) in [7, 11) is 0. The Hall–Kier alpha value is -1.50. The number of hydrogen-bond acceptors (Lipinski definition) is 15. The molecule has 0 saturated carbocycles. The highest BCUT2D eigenvalue weighted by atomic mass is 16.8. The zero-order valence-corrected chi connectivity index (χ0v) is 15.9. The highest BCUT2D eigenvalue weighted by Gasteiger charge is 2.71. The monoisotopic (exact) mass is 456 g/mol. The normalized spacial score (nSPS) is 48.8. The van der Waals surface area contributed by atoms with E-state index in [2.05, 4.69) is 0 Å². The molecule has 0 aromatic heterocycles. The smallest absolute Gasteiger partial charge is 0.309 e. The third-order valence-corrected chi connectivity index (χ3v) is 5.28. The number of hydrogen-bond donors (Lipinski definition) is 8. The summed E-state index contributed by atoms with van der Waals surface area (Å²) in [5.74, 6) is -8.49. The van der Waals surface area contributed by atoms with Gasteiger partial charge in [-0.05, 0) is 0 Å². The van der Waals surface area contributed by atoms with Gasteiger partial charge in [-0.2, -0.15) is 0 Å². The number of ether oxygens (including phenoxy) is 5. The highest BCUT2D eigenvalue weighted by molar-refractivity contribution is 5.79. The first-order valence-corrected chi connectivity index (χ1v) is 9.26. The van der Waals surface area contributed by atoms with Crippen molar-refractivity contribution in [3.05, 3.63) is 0 Å². The molecule has 10 atom stereocenters. The van der Waals surface area contributed by atoms with Crippen LogP contribution in [0.3, 0.4) is 0 Å². The molecule has 3 heterocycles. The van der Waals surface area contributed by atoms with Crippen LogP contribution in [0.2, 0.25) is 0 Å². The van der Waals surface area contributed by atoms with Gasteiger partial charge in [0.05, 0.1) is 19.4 Å². The van der Waals surface area contributed by atoms with Crippen molar-refractivity contribution in [1.82, 2.24) is 0 Å². The summed E-state index contributed by atoms with van der Waals surface area (Å²) < 4.78 is 25.1. The highest BCUT2D eigenvalue weighted by Crippen LogP contribution is 2.43. The lowest BCUT2D eigenvalue weighted by atomic mass is 9.90. The van der Waals surface area contributed by atoms with Gasteiger partial charge in [0.2, 0.25) is 0 Å². The van der Waals surface area contributed by atoms with Gasteiger partial charge in [0.25, 0.3) is 0 Å². The van der Waals surface area contributed by atoms with Gasteiger partial charge in [0.1, 0.15) is 37.1 Å². The molecule has 0 aromatic carbocycles. The van der Waals surface area contributed by atoms with E-state index < -0.39 is 98.8 Å². The van der Waals surface area contributed by atoms with Crippen molar-refractivity contribution in [2.75, 3.05) is 13.2 Å². The minimum atomic E-state index is -3.25. The summed E-state index contributed by atoms with van der Waals surface area (Å²) >= 11 is 0. The standard InChI is InChI=1S/C16H24O15/c17-3-5-11(8(21)9(22)13(25)27-5)28-14-10(23)12(24)16(26)15(4-18,31-14)29-6(19)1-2-7(20)30-16/h5,8-14,17-18,21-26H,1-4H2/t5-,8-,9-,10-,11-,12+,13-,14+,15+,16-/m1/s1. The van der Waals surface area contributed by atoms with Crippen molar-refractivity contribution < 1.29 is 74.1 Å². The Morgan fingerprint density at radius 1 is 0.935 bits per heavy atom. The average molecular weight is 456 g/mol. The molecule has 3 saturated heterocycles. The Bertz CT molecular complexity index is 686. The van der Waals surface area contributed by atoms with Crippen LogP contribution in [0, 0.1) is 0 Å². The molecule has 0 aromatic rings. The number of aliphatic hydroxyl groups excluding tert-OH is 7. The number of fused-ring (bicyclic) bond motifs is 1. The Morgan fingerprint density at radius 2 is 1.55 bits per heavy atom. The summed E-state index contributed by atoms with van der Waals surface area (Å²) in [6, 6.07) is 0. The third kappa shape index (κ3) is 4.03. The minimum absolute atomic E-state index is 0.518. The Labute approximate surface area is 173 Å². The maximum absolute atomic E-state index is 12.0. The first-order valence-electron chi connectivity index (χ1n) is 9.26. The van der Waals surface area contributed by atoms with Crippen LogP contribution in [0.4, 0.5) is 0 Å². The van der Waals surface area contributed by atoms with Crippen molar-refractivity contribution in [2.24, 2.45) is 0 Å². The van der Waals surface area contributed by atoms with Gasteiger partial charge in [-0.25, -0.2) is 0 Å². The van der Waals surface area contributed by atoms with Gasteiger partial charge in [-0.15, -0.1) is 0 Å². The maximum Gasteiger partial charge on any atom is 0.309 e. The molecule has 3 aliphatic rings. The van der Waals surface area contributed by atoms with Crippen molar-refractivity contribution >= 4 is 11.9 Å². The predicted molar refractivity (Wildman–Crippen MR) is 87.9 cm³/mol. The van der Waals surface area contributed by atoms with Crippen molar-refractivity contribution in [2.45, 2.75) is 73.6 Å². The second-order valence-corrected chi connectivity index (χ2v) is 7.31. The Balaban J connectivity index is 1.93. The lowest BCUT2D eigenvalue weighted by molar-refractivity contribution is -0.481. The summed E-state index contributed by atoms with van der Waals surface area (Å²) in [6.45, 7) is -2.21. The largest absolute Gasteiger partial charge is 0.423 e. The third-order valence-electron chi connectivity index (χ3n) is 5.28. The molecule has 178 valence electrons. The van der Waals surface area contributed by atoms with E-state index in [-0.39, 0.29) is 0 Å². The minimum Gasteiger partial charge on any atom is -0.423 e. The molecule has 15 heteroatoms. The van der Waals surface area contributed by atoms with E-state index in [9.17, 15) is 50.4 Å². The SMILES string of the molecule is O=C1CCC(=O)O[C@]2(O)[C@@H](O)[C@@H](O)[C@@H](O[C@H]3[C@H](O)[C@@H](O)[C@H](O)O[C@@H]3CO)O[C@]2(CO)O1. The summed E-state index contributed by atoms with van der Waals surface area (Å²) in [5.41, 5.74) is 0. The second kappa shape index (κ2) is 8.80. The van der Waals surface area contributed by atoms with Crippen molar-refractivity contribution in [3.63, 3.8) is 0 Å². The van der Waals surface area contributed by atoms with Crippen LogP contribution in [-0.4, -0.2) is 127 Å². The molecule has 0 unspecified atom stereocenters. The number of carbonyl (C=O) groups is 2. The fraction of sp³-hybridized carbons (Fsp3) is 0.875. The van der Waals surface area contributed by atoms with Gasteiger partial charge in [-0.1, -0.05) is 0 Å². The van der Waals surface area contributed by atoms with Gasteiger partial charge >= 0.3 is 23.5 Å². The van der Waals surface area contributed by atoms with Gasteiger partial charge in [-0.3, -0.25) is 9.59 Å².